The standard InChI is InChI=1S/C20H23ClFN5O2/c21-14-3-4-15(25-20(14)29)12-1-2-13(11-12)26-7-9-27(10-8-26)17-6-5-16(19(23)28)24-18(17)22/h3-6,12-13H,1-2,7-11H2,(H2,23,28)(H,25,29). The molecule has 1 saturated carbocycles. The predicted octanol–water partition coefficient (Wildman–Crippen LogP) is 2.12. The van der Waals surface area contributed by atoms with Gasteiger partial charge in [0.2, 0.25) is 5.95 Å². The van der Waals surface area contributed by atoms with E-state index in [-0.39, 0.29) is 16.3 Å². The van der Waals surface area contributed by atoms with E-state index in [9.17, 15) is 14.0 Å². The van der Waals surface area contributed by atoms with E-state index >= 15 is 0 Å². The van der Waals surface area contributed by atoms with Crippen LogP contribution < -0.4 is 16.2 Å². The number of nitrogens with two attached hydrogens (primary N) is 1. The van der Waals surface area contributed by atoms with Crippen molar-refractivity contribution in [1.29, 1.82) is 0 Å². The average molecular weight is 420 g/mol. The molecule has 2 fully saturated rings. The molecule has 9 heteroatoms. The van der Waals surface area contributed by atoms with Crippen LogP contribution in [0.5, 0.6) is 0 Å². The van der Waals surface area contributed by atoms with Crippen LogP contribution in [0.3, 0.4) is 0 Å². The van der Waals surface area contributed by atoms with Gasteiger partial charge in [-0.15, -0.1) is 0 Å². The van der Waals surface area contributed by atoms with Crippen LogP contribution in [0.25, 0.3) is 0 Å². The van der Waals surface area contributed by atoms with Gasteiger partial charge in [0.25, 0.3) is 11.5 Å². The van der Waals surface area contributed by atoms with Gasteiger partial charge in [0.05, 0.1) is 5.69 Å². The van der Waals surface area contributed by atoms with E-state index < -0.39 is 11.9 Å². The lowest BCUT2D eigenvalue weighted by molar-refractivity contribution is 0.0994. The molecule has 2 aromatic rings. The number of pyridine rings is 2. The Morgan fingerprint density at radius 1 is 1.17 bits per heavy atom. The van der Waals surface area contributed by atoms with Crippen LogP contribution in [0.2, 0.25) is 5.02 Å². The fourth-order valence-corrected chi connectivity index (χ4v) is 4.52. The minimum absolute atomic E-state index is 0.0675. The summed E-state index contributed by atoms with van der Waals surface area (Å²) in [5.41, 5.74) is 6.20. The van der Waals surface area contributed by atoms with Gasteiger partial charge in [-0.1, -0.05) is 11.6 Å². The second-order valence-electron chi connectivity index (χ2n) is 7.65. The molecule has 1 aliphatic heterocycles. The molecule has 29 heavy (non-hydrogen) atoms. The number of aromatic amines is 1. The largest absolute Gasteiger partial charge is 0.365 e. The monoisotopic (exact) mass is 419 g/mol. The van der Waals surface area contributed by atoms with E-state index in [1.54, 1.807) is 12.1 Å². The molecule has 4 rings (SSSR count). The summed E-state index contributed by atoms with van der Waals surface area (Å²) in [5, 5.41) is 0.213. The van der Waals surface area contributed by atoms with E-state index in [4.69, 9.17) is 17.3 Å². The Balaban J connectivity index is 1.36. The number of anilines is 1. The second-order valence-corrected chi connectivity index (χ2v) is 8.06. The summed E-state index contributed by atoms with van der Waals surface area (Å²) in [6.07, 6.45) is 3.08. The molecular weight excluding hydrogens is 397 g/mol. The maximum absolute atomic E-state index is 14.3. The number of halogens is 2. The quantitative estimate of drug-likeness (QED) is 0.740. The van der Waals surface area contributed by atoms with E-state index in [2.05, 4.69) is 14.9 Å². The molecule has 0 bridgehead atoms. The van der Waals surface area contributed by atoms with Crippen molar-refractivity contribution in [3.05, 3.63) is 57.0 Å². The smallest absolute Gasteiger partial charge is 0.267 e. The van der Waals surface area contributed by atoms with Gasteiger partial charge in [0.1, 0.15) is 10.7 Å². The third kappa shape index (κ3) is 4.13. The Bertz CT molecular complexity index is 974. The Morgan fingerprint density at radius 2 is 1.93 bits per heavy atom. The molecule has 1 amide bonds. The van der Waals surface area contributed by atoms with Crippen LogP contribution in [0.1, 0.15) is 41.4 Å². The molecule has 2 atom stereocenters. The number of hydrogen-bond acceptors (Lipinski definition) is 5. The number of carbonyl (C=O) groups is 1. The number of nitrogens with one attached hydrogen (secondary N) is 1. The highest BCUT2D eigenvalue weighted by Gasteiger charge is 2.32. The number of primary amides is 1. The first-order chi connectivity index (χ1) is 13.9. The number of H-pyrrole nitrogens is 1. The number of carbonyl (C=O) groups excluding carboxylic acids is 1. The summed E-state index contributed by atoms with van der Waals surface area (Å²) in [6, 6.07) is 7.04. The molecule has 7 nitrogen and oxygen atoms in total. The number of hydrogen-bond donors (Lipinski definition) is 2. The summed E-state index contributed by atoms with van der Waals surface area (Å²) in [7, 11) is 0. The van der Waals surface area contributed by atoms with E-state index in [0.29, 0.717) is 30.7 Å². The van der Waals surface area contributed by atoms with Crippen LogP contribution >= 0.6 is 11.6 Å². The van der Waals surface area contributed by atoms with Crippen LogP contribution in [0, 0.1) is 5.95 Å². The molecule has 0 aromatic carbocycles. The number of rotatable bonds is 4. The van der Waals surface area contributed by atoms with Crippen LogP contribution in [-0.4, -0.2) is 53.0 Å². The summed E-state index contributed by atoms with van der Waals surface area (Å²) in [6.45, 7) is 3.03. The normalized spacial score (nSPS) is 22.8. The molecule has 2 unspecified atom stereocenters. The highest BCUT2D eigenvalue weighted by atomic mass is 35.5. The number of amides is 1. The first-order valence-corrected chi connectivity index (χ1v) is 10.1. The van der Waals surface area contributed by atoms with Crippen molar-refractivity contribution >= 4 is 23.2 Å². The van der Waals surface area contributed by atoms with Gasteiger partial charge in [-0.3, -0.25) is 14.5 Å². The van der Waals surface area contributed by atoms with Crippen molar-refractivity contribution in [1.82, 2.24) is 14.9 Å². The Kier molecular flexibility index (Phi) is 5.56. The predicted molar refractivity (Wildman–Crippen MR) is 109 cm³/mol. The Hall–Kier alpha value is -2.45. The van der Waals surface area contributed by atoms with Crippen LogP contribution in [0.15, 0.2) is 29.1 Å². The summed E-state index contributed by atoms with van der Waals surface area (Å²) >= 11 is 5.83. The highest BCUT2D eigenvalue weighted by Crippen LogP contribution is 2.36. The molecule has 1 saturated heterocycles. The van der Waals surface area contributed by atoms with Crippen molar-refractivity contribution in [3.8, 4) is 0 Å². The van der Waals surface area contributed by atoms with Gasteiger partial charge in [-0.05, 0) is 43.5 Å². The molecule has 2 aliphatic rings. The zero-order chi connectivity index (χ0) is 20.5. The van der Waals surface area contributed by atoms with Crippen LogP contribution in [0.4, 0.5) is 10.1 Å². The minimum atomic E-state index is -0.738. The SMILES string of the molecule is NC(=O)c1ccc(N2CCN(C3CCC(c4ccc(Cl)c(=O)[nH]4)C3)CC2)c(F)n1. The summed E-state index contributed by atoms with van der Waals surface area (Å²) in [5.74, 6) is -1.08. The first kappa shape index (κ1) is 19.8. The van der Waals surface area contributed by atoms with Gasteiger partial charge in [0, 0.05) is 43.8 Å². The Morgan fingerprint density at radius 3 is 2.59 bits per heavy atom. The number of nitrogens with zero attached hydrogens (tertiary/aromatic N) is 3. The van der Waals surface area contributed by atoms with Gasteiger partial charge < -0.3 is 15.6 Å². The van der Waals surface area contributed by atoms with Crippen molar-refractivity contribution in [2.45, 2.75) is 31.2 Å². The molecule has 0 radical (unpaired) electrons. The summed E-state index contributed by atoms with van der Waals surface area (Å²) < 4.78 is 14.3. The maximum atomic E-state index is 14.3. The van der Waals surface area contributed by atoms with Crippen molar-refractivity contribution in [2.75, 3.05) is 31.1 Å². The average Bonchev–Trinajstić information content (AvgIpc) is 3.20. The lowest BCUT2D eigenvalue weighted by atomic mass is 10.0. The molecule has 154 valence electrons. The van der Waals surface area contributed by atoms with Crippen LogP contribution in [-0.2, 0) is 0 Å². The second kappa shape index (κ2) is 8.12. The zero-order valence-electron chi connectivity index (χ0n) is 15.9. The third-order valence-corrected chi connectivity index (χ3v) is 6.28. The van der Waals surface area contributed by atoms with Crippen molar-refractivity contribution in [3.63, 3.8) is 0 Å². The molecule has 3 heterocycles. The van der Waals surface area contributed by atoms with Gasteiger partial charge >= 0.3 is 0 Å². The van der Waals surface area contributed by atoms with Gasteiger partial charge in [-0.2, -0.15) is 4.39 Å². The molecule has 1 aliphatic carbocycles. The third-order valence-electron chi connectivity index (χ3n) is 5.98. The van der Waals surface area contributed by atoms with E-state index in [1.807, 2.05) is 11.0 Å². The Labute approximate surface area is 172 Å². The number of aromatic nitrogens is 2. The lowest BCUT2D eigenvalue weighted by Gasteiger charge is -2.39. The first-order valence-electron chi connectivity index (χ1n) is 9.76. The van der Waals surface area contributed by atoms with Crippen molar-refractivity contribution < 1.29 is 9.18 Å². The number of piperazine rings is 1. The highest BCUT2D eigenvalue weighted by molar-refractivity contribution is 6.30. The van der Waals surface area contributed by atoms with Gasteiger partial charge in [-0.25, -0.2) is 4.98 Å². The lowest BCUT2D eigenvalue weighted by Crippen LogP contribution is -2.50. The fraction of sp³-hybridized carbons (Fsp3) is 0.450. The molecule has 3 N–H and O–H groups in total. The van der Waals surface area contributed by atoms with E-state index in [1.165, 1.54) is 6.07 Å². The van der Waals surface area contributed by atoms with E-state index in [0.717, 1.165) is 38.0 Å². The topological polar surface area (TPSA) is 95.3 Å². The molecular formula is C20H23ClFN5O2. The maximum Gasteiger partial charge on any atom is 0.267 e. The van der Waals surface area contributed by atoms with Crippen molar-refractivity contribution in [2.24, 2.45) is 5.73 Å². The molecule has 2 aromatic heterocycles. The van der Waals surface area contributed by atoms with Gasteiger partial charge in [0.15, 0.2) is 0 Å². The summed E-state index contributed by atoms with van der Waals surface area (Å²) in [4.78, 5) is 33.9. The molecule has 0 spiro atoms. The fourth-order valence-electron chi connectivity index (χ4n) is 4.41. The zero-order valence-corrected chi connectivity index (χ0v) is 16.7. The minimum Gasteiger partial charge on any atom is -0.365 e.